The summed E-state index contributed by atoms with van der Waals surface area (Å²) in [6, 6.07) is -3.61. The van der Waals surface area contributed by atoms with Crippen LogP contribution in [0.25, 0.3) is 0 Å². The number of aliphatic carboxylic acids is 1. The Bertz CT molecular complexity index is 652. The van der Waals surface area contributed by atoms with Gasteiger partial charge in [0.05, 0.1) is 19.0 Å². The Balaban J connectivity index is 4.76. The fourth-order valence-electron chi connectivity index (χ4n) is 2.15. The molecule has 0 rings (SSSR count). The highest BCUT2D eigenvalue weighted by atomic mass is 16.4. The van der Waals surface area contributed by atoms with Crippen molar-refractivity contribution < 1.29 is 33.9 Å². The minimum atomic E-state index is -1.53. The van der Waals surface area contributed by atoms with Crippen LogP contribution in [0.1, 0.15) is 33.1 Å². The summed E-state index contributed by atoms with van der Waals surface area (Å²) >= 11 is 0. The zero-order chi connectivity index (χ0) is 22.7. The van der Waals surface area contributed by atoms with Gasteiger partial charge in [-0.2, -0.15) is 0 Å². The summed E-state index contributed by atoms with van der Waals surface area (Å²) in [6.45, 7) is 2.70. The summed E-state index contributed by atoms with van der Waals surface area (Å²) in [4.78, 5) is 68.8. The highest BCUT2D eigenvalue weighted by Crippen LogP contribution is 2.04. The van der Waals surface area contributed by atoms with E-state index in [0.717, 1.165) is 0 Å². The average molecular weight is 416 g/mol. The summed E-state index contributed by atoms with van der Waals surface area (Å²) < 4.78 is 0. The predicted molar refractivity (Wildman–Crippen MR) is 99.6 cm³/mol. The molecule has 0 aromatic heterocycles. The van der Waals surface area contributed by atoms with Crippen molar-refractivity contribution in [2.45, 2.75) is 51.2 Å². The molecule has 0 aromatic rings. The van der Waals surface area contributed by atoms with E-state index in [9.17, 15) is 28.8 Å². The first-order valence-electron chi connectivity index (χ1n) is 8.77. The highest BCUT2D eigenvalue weighted by molar-refractivity contribution is 5.93. The Morgan fingerprint density at radius 2 is 1.52 bits per heavy atom. The van der Waals surface area contributed by atoms with Gasteiger partial charge in [-0.1, -0.05) is 13.8 Å². The van der Waals surface area contributed by atoms with Crippen molar-refractivity contribution >= 4 is 35.5 Å². The van der Waals surface area contributed by atoms with Gasteiger partial charge >= 0.3 is 5.97 Å². The van der Waals surface area contributed by atoms with Crippen molar-refractivity contribution in [3.05, 3.63) is 0 Å². The van der Waals surface area contributed by atoms with Gasteiger partial charge < -0.3 is 38.3 Å². The van der Waals surface area contributed by atoms with Gasteiger partial charge in [-0.05, 0) is 12.3 Å². The lowest BCUT2D eigenvalue weighted by Gasteiger charge is -2.23. The van der Waals surface area contributed by atoms with E-state index in [2.05, 4.69) is 16.0 Å². The van der Waals surface area contributed by atoms with Gasteiger partial charge in [-0.25, -0.2) is 4.79 Å². The number of carboxylic acids is 1. The summed E-state index contributed by atoms with van der Waals surface area (Å²) in [5, 5.41) is 15.7. The molecule has 29 heavy (non-hydrogen) atoms. The van der Waals surface area contributed by atoms with Crippen molar-refractivity contribution in [2.24, 2.45) is 23.1 Å². The summed E-state index contributed by atoms with van der Waals surface area (Å²) in [5.41, 5.74) is 15.6. The Labute approximate surface area is 167 Å². The maximum Gasteiger partial charge on any atom is 0.326 e. The lowest BCUT2D eigenvalue weighted by Crippen LogP contribution is -2.55. The third-order valence-electron chi connectivity index (χ3n) is 3.75. The molecule has 0 aliphatic carbocycles. The Morgan fingerprint density at radius 3 is 1.97 bits per heavy atom. The second-order valence-corrected chi connectivity index (χ2v) is 6.69. The van der Waals surface area contributed by atoms with Crippen molar-refractivity contribution in [1.29, 1.82) is 0 Å². The van der Waals surface area contributed by atoms with Crippen molar-refractivity contribution in [2.75, 3.05) is 6.54 Å². The molecule has 3 unspecified atom stereocenters. The molecule has 0 spiro atoms. The molecule has 0 aliphatic heterocycles. The number of hydrogen-bond acceptors (Lipinski definition) is 7. The maximum absolute atomic E-state index is 12.3. The Hall–Kier alpha value is -3.22. The van der Waals surface area contributed by atoms with Crippen molar-refractivity contribution in [3.8, 4) is 0 Å². The number of carboxylic acid groups (broad SMARTS) is 1. The number of nitrogens with one attached hydrogen (secondary N) is 3. The molecule has 0 bridgehead atoms. The van der Waals surface area contributed by atoms with Crippen LogP contribution in [-0.2, 0) is 28.8 Å². The molecule has 164 valence electrons. The molecule has 10 N–H and O–H groups in total. The molecular formula is C16H28N6O7. The molecule has 0 heterocycles. The van der Waals surface area contributed by atoms with E-state index < -0.39 is 66.6 Å². The molecule has 13 heteroatoms. The van der Waals surface area contributed by atoms with E-state index in [4.69, 9.17) is 22.3 Å². The molecule has 0 aliphatic rings. The smallest absolute Gasteiger partial charge is 0.326 e. The predicted octanol–water partition coefficient (Wildman–Crippen LogP) is -3.72. The monoisotopic (exact) mass is 416 g/mol. The SMILES string of the molecule is CC(C)C(NC(=O)C(N)CCC(N)=O)C(=O)NCC(=O)NC(CC(N)=O)C(=O)O. The van der Waals surface area contributed by atoms with E-state index in [0.29, 0.717) is 0 Å². The van der Waals surface area contributed by atoms with Gasteiger partial charge in [0.15, 0.2) is 0 Å². The maximum atomic E-state index is 12.3. The van der Waals surface area contributed by atoms with Crippen LogP contribution in [0.15, 0.2) is 0 Å². The fourth-order valence-corrected chi connectivity index (χ4v) is 2.15. The van der Waals surface area contributed by atoms with Crippen molar-refractivity contribution in [1.82, 2.24) is 16.0 Å². The van der Waals surface area contributed by atoms with Crippen LogP contribution in [0.2, 0.25) is 0 Å². The van der Waals surface area contributed by atoms with Gasteiger partial charge in [0.1, 0.15) is 12.1 Å². The highest BCUT2D eigenvalue weighted by Gasteiger charge is 2.27. The van der Waals surface area contributed by atoms with Gasteiger partial charge in [-0.3, -0.25) is 24.0 Å². The van der Waals surface area contributed by atoms with Crippen LogP contribution in [0, 0.1) is 5.92 Å². The molecule has 0 fully saturated rings. The number of amides is 5. The summed E-state index contributed by atoms with van der Waals surface area (Å²) in [6.07, 6.45) is -0.696. The topological polar surface area (TPSA) is 237 Å². The zero-order valence-corrected chi connectivity index (χ0v) is 16.3. The number of hydrogen-bond donors (Lipinski definition) is 7. The Kier molecular flexibility index (Phi) is 10.9. The number of primary amides is 2. The molecule has 0 radical (unpaired) electrons. The lowest BCUT2D eigenvalue weighted by molar-refractivity contribution is -0.143. The normalized spacial score (nSPS) is 13.7. The van der Waals surface area contributed by atoms with Crippen LogP contribution in [0.3, 0.4) is 0 Å². The molecule has 0 aromatic carbocycles. The summed E-state index contributed by atoms with van der Waals surface area (Å²) in [5.74, 6) is -5.60. The van der Waals surface area contributed by atoms with Crippen LogP contribution in [0.4, 0.5) is 0 Å². The Morgan fingerprint density at radius 1 is 0.931 bits per heavy atom. The number of carbonyl (C=O) groups excluding carboxylic acids is 5. The molecule has 0 saturated heterocycles. The number of rotatable bonds is 13. The van der Waals surface area contributed by atoms with Gasteiger partial charge in [0, 0.05) is 6.42 Å². The van der Waals surface area contributed by atoms with Crippen LogP contribution in [0.5, 0.6) is 0 Å². The first-order valence-corrected chi connectivity index (χ1v) is 8.77. The second-order valence-electron chi connectivity index (χ2n) is 6.69. The van der Waals surface area contributed by atoms with E-state index in [-0.39, 0.29) is 18.8 Å². The molecule has 5 amide bonds. The van der Waals surface area contributed by atoms with Gasteiger partial charge in [-0.15, -0.1) is 0 Å². The quantitative estimate of drug-likeness (QED) is 0.157. The van der Waals surface area contributed by atoms with Gasteiger partial charge in [0.2, 0.25) is 29.5 Å². The zero-order valence-electron chi connectivity index (χ0n) is 16.3. The minimum absolute atomic E-state index is 0.00640. The van der Waals surface area contributed by atoms with E-state index >= 15 is 0 Å². The third kappa shape index (κ3) is 10.6. The summed E-state index contributed by atoms with van der Waals surface area (Å²) in [7, 11) is 0. The molecular weight excluding hydrogens is 388 g/mol. The number of nitrogens with two attached hydrogens (primary N) is 3. The molecule has 3 atom stereocenters. The van der Waals surface area contributed by atoms with Crippen LogP contribution in [-0.4, -0.2) is 65.3 Å². The molecule has 0 saturated carbocycles. The first kappa shape index (κ1) is 25.8. The van der Waals surface area contributed by atoms with E-state index in [1.807, 2.05) is 0 Å². The van der Waals surface area contributed by atoms with Crippen LogP contribution < -0.4 is 33.2 Å². The standard InChI is InChI=1S/C16H28N6O7/c1-7(2)13(22-14(26)8(17)3-4-10(18)23)15(27)20-6-12(25)21-9(16(28)29)5-11(19)24/h7-9,13H,3-6,17H2,1-2H3,(H2,18,23)(H2,19,24)(H,20,27)(H,21,25)(H,22,26)(H,28,29). The number of carbonyl (C=O) groups is 6. The third-order valence-corrected chi connectivity index (χ3v) is 3.75. The van der Waals surface area contributed by atoms with E-state index in [1.165, 1.54) is 0 Å². The second kappa shape index (κ2) is 12.3. The average Bonchev–Trinajstić information content (AvgIpc) is 2.60. The van der Waals surface area contributed by atoms with Gasteiger partial charge in [0.25, 0.3) is 0 Å². The largest absolute Gasteiger partial charge is 0.480 e. The van der Waals surface area contributed by atoms with Crippen LogP contribution >= 0.6 is 0 Å². The first-order chi connectivity index (χ1) is 13.3. The van der Waals surface area contributed by atoms with Crippen molar-refractivity contribution in [3.63, 3.8) is 0 Å². The lowest BCUT2D eigenvalue weighted by atomic mass is 10.0. The fraction of sp³-hybridized carbons (Fsp3) is 0.625. The molecule has 13 nitrogen and oxygen atoms in total. The van der Waals surface area contributed by atoms with E-state index in [1.54, 1.807) is 13.8 Å². The minimum Gasteiger partial charge on any atom is -0.480 e.